The minimum atomic E-state index is -3.95. The number of carboxylic acids is 1. The molecule has 0 fully saturated rings. The Labute approximate surface area is 145 Å². The number of amides is 1. The summed E-state index contributed by atoms with van der Waals surface area (Å²) in [6, 6.07) is 13.9. The van der Waals surface area contributed by atoms with Crippen molar-refractivity contribution in [3.63, 3.8) is 0 Å². The van der Waals surface area contributed by atoms with Crippen LogP contribution >= 0.6 is 0 Å². The van der Waals surface area contributed by atoms with Crippen LogP contribution in [-0.4, -0.2) is 54.9 Å². The lowest BCUT2D eigenvalue weighted by Crippen LogP contribution is -2.35. The van der Waals surface area contributed by atoms with Gasteiger partial charge in [0.25, 0.3) is 0 Å². The highest BCUT2D eigenvalue weighted by Crippen LogP contribution is 2.28. The number of sulfone groups is 1. The summed E-state index contributed by atoms with van der Waals surface area (Å²) in [6.07, 6.45) is 1.91. The lowest BCUT2D eigenvalue weighted by molar-refractivity contribution is -0.134. The molecule has 2 aromatic rings. The van der Waals surface area contributed by atoms with Crippen LogP contribution in [0.2, 0.25) is 0 Å². The zero-order chi connectivity index (χ0) is 18.0. The van der Waals surface area contributed by atoms with E-state index in [2.05, 4.69) is 0 Å². The average Bonchev–Trinajstić information content (AvgIpc) is 3.02. The van der Waals surface area contributed by atoms with Crippen LogP contribution in [0, 0.1) is 0 Å². The van der Waals surface area contributed by atoms with Crippen LogP contribution in [0.25, 0.3) is 16.3 Å². The Morgan fingerprint density at radius 2 is 1.76 bits per heavy atom. The van der Waals surface area contributed by atoms with Gasteiger partial charge in [-0.15, -0.1) is 0 Å². The Morgan fingerprint density at radius 3 is 2.52 bits per heavy atom. The zero-order valence-corrected chi connectivity index (χ0v) is 14.2. The van der Waals surface area contributed by atoms with Crippen LogP contribution in [0.3, 0.4) is 0 Å². The first-order chi connectivity index (χ1) is 11.9. The number of benzene rings is 2. The molecule has 0 saturated heterocycles. The lowest BCUT2D eigenvalue weighted by atomic mass is 9.99. The lowest BCUT2D eigenvalue weighted by Gasteiger charge is -2.17. The Balaban J connectivity index is 1.75. The van der Waals surface area contributed by atoms with Gasteiger partial charge in [-0.25, -0.2) is 8.42 Å². The highest BCUT2D eigenvalue weighted by Gasteiger charge is 2.27. The van der Waals surface area contributed by atoms with Gasteiger partial charge in [0.1, 0.15) is 11.5 Å². The summed E-state index contributed by atoms with van der Waals surface area (Å²) in [6.45, 7) is 0.634. The summed E-state index contributed by atoms with van der Waals surface area (Å²) in [5.74, 6) is -3.84. The number of fused-ring (bicyclic) bond motifs is 1. The van der Waals surface area contributed by atoms with Crippen molar-refractivity contribution in [2.45, 2.75) is 0 Å². The van der Waals surface area contributed by atoms with E-state index in [4.69, 9.17) is 5.11 Å². The third-order valence-corrected chi connectivity index (χ3v) is 5.47. The number of carboxylic acid groups (broad SMARTS) is 1. The molecule has 1 amide bonds. The van der Waals surface area contributed by atoms with Crippen LogP contribution in [0.15, 0.2) is 48.5 Å². The van der Waals surface area contributed by atoms with Crippen molar-refractivity contribution in [1.82, 2.24) is 4.90 Å². The fourth-order valence-electron chi connectivity index (χ4n) is 2.96. The van der Waals surface area contributed by atoms with E-state index in [1.54, 1.807) is 0 Å². The fraction of sp³-hybridized carbons (Fsp3) is 0.222. The summed E-state index contributed by atoms with van der Waals surface area (Å²) in [5, 5.41) is 10.8. The van der Waals surface area contributed by atoms with E-state index >= 15 is 0 Å². The number of hydrogen-bond acceptors (Lipinski definition) is 4. The molecule has 0 radical (unpaired) electrons. The van der Waals surface area contributed by atoms with Gasteiger partial charge >= 0.3 is 5.97 Å². The van der Waals surface area contributed by atoms with Crippen molar-refractivity contribution in [2.75, 3.05) is 24.6 Å². The fourth-order valence-corrected chi connectivity index (χ4v) is 4.00. The molecule has 0 aromatic heterocycles. The molecule has 1 heterocycles. The Morgan fingerprint density at radius 1 is 1.04 bits per heavy atom. The third-order valence-electron chi connectivity index (χ3n) is 4.09. The second-order valence-electron chi connectivity index (χ2n) is 5.96. The summed E-state index contributed by atoms with van der Waals surface area (Å²) in [5.41, 5.74) is 1.97. The summed E-state index contributed by atoms with van der Waals surface area (Å²) in [7, 11) is -3.95. The molecule has 0 spiro atoms. The molecule has 1 aliphatic heterocycles. The largest absolute Gasteiger partial charge is 0.480 e. The molecule has 130 valence electrons. The van der Waals surface area contributed by atoms with Gasteiger partial charge in [-0.1, -0.05) is 48.5 Å². The minimum absolute atomic E-state index is 0.315. The predicted octanol–water partition coefficient (Wildman–Crippen LogP) is 1.56. The first-order valence-electron chi connectivity index (χ1n) is 7.73. The number of rotatable bonds is 5. The molecule has 1 N–H and O–H groups in total. The molecular formula is C18H17NO5S. The quantitative estimate of drug-likeness (QED) is 0.875. The van der Waals surface area contributed by atoms with Crippen LogP contribution in [-0.2, 0) is 19.4 Å². The number of carbonyl (C=O) groups is 2. The van der Waals surface area contributed by atoms with E-state index in [0.717, 1.165) is 21.9 Å². The number of aliphatic carboxylic acids is 1. The molecule has 0 aliphatic carbocycles. The van der Waals surface area contributed by atoms with Gasteiger partial charge < -0.3 is 10.0 Å². The SMILES string of the molecule is O=C(O)CS(=O)(=O)CC(=O)N1CC=C(c2cccc3ccccc23)C1. The van der Waals surface area contributed by atoms with Gasteiger partial charge in [0.15, 0.2) is 9.84 Å². The van der Waals surface area contributed by atoms with Gasteiger partial charge in [-0.2, -0.15) is 0 Å². The molecule has 25 heavy (non-hydrogen) atoms. The molecule has 3 rings (SSSR count). The number of hydrogen-bond donors (Lipinski definition) is 1. The molecule has 1 aliphatic rings. The molecule has 0 bridgehead atoms. The maximum Gasteiger partial charge on any atom is 0.318 e. The zero-order valence-electron chi connectivity index (χ0n) is 13.4. The maximum atomic E-state index is 12.2. The van der Waals surface area contributed by atoms with E-state index < -0.39 is 33.2 Å². The van der Waals surface area contributed by atoms with Gasteiger partial charge in [-0.05, 0) is 21.9 Å². The van der Waals surface area contributed by atoms with E-state index in [0.29, 0.717) is 13.1 Å². The average molecular weight is 359 g/mol. The van der Waals surface area contributed by atoms with Crippen molar-refractivity contribution < 1.29 is 23.1 Å². The van der Waals surface area contributed by atoms with Crippen LogP contribution < -0.4 is 0 Å². The highest BCUT2D eigenvalue weighted by atomic mass is 32.2. The van der Waals surface area contributed by atoms with Crippen molar-refractivity contribution in [1.29, 1.82) is 0 Å². The van der Waals surface area contributed by atoms with Gasteiger partial charge in [0.05, 0.1) is 0 Å². The van der Waals surface area contributed by atoms with Gasteiger partial charge in [0.2, 0.25) is 5.91 Å². The molecule has 6 nitrogen and oxygen atoms in total. The van der Waals surface area contributed by atoms with E-state index in [1.165, 1.54) is 4.90 Å². The standard InChI is InChI=1S/C18H17NO5S/c20-17(11-25(23,24)12-18(21)22)19-9-8-14(10-19)16-7-3-5-13-4-1-2-6-15(13)16/h1-8H,9-12H2,(H,21,22). The second kappa shape index (κ2) is 6.68. The van der Waals surface area contributed by atoms with Crippen LogP contribution in [0.5, 0.6) is 0 Å². The maximum absolute atomic E-state index is 12.2. The van der Waals surface area contributed by atoms with Gasteiger partial charge in [-0.3, -0.25) is 9.59 Å². The van der Waals surface area contributed by atoms with E-state index in [-0.39, 0.29) is 0 Å². The molecule has 2 aromatic carbocycles. The second-order valence-corrected chi connectivity index (χ2v) is 8.02. The molecule has 7 heteroatoms. The number of nitrogens with zero attached hydrogens (tertiary/aromatic N) is 1. The monoisotopic (exact) mass is 359 g/mol. The molecule has 0 atom stereocenters. The van der Waals surface area contributed by atoms with Crippen molar-refractivity contribution >= 4 is 38.1 Å². The van der Waals surface area contributed by atoms with Crippen LogP contribution in [0.1, 0.15) is 5.56 Å². The Kier molecular flexibility index (Phi) is 4.59. The van der Waals surface area contributed by atoms with E-state index in [9.17, 15) is 18.0 Å². The molecule has 0 saturated carbocycles. The summed E-state index contributed by atoms with van der Waals surface area (Å²) in [4.78, 5) is 24.2. The molecule has 0 unspecified atom stereocenters. The van der Waals surface area contributed by atoms with Crippen molar-refractivity contribution in [3.8, 4) is 0 Å². The predicted molar refractivity (Wildman–Crippen MR) is 94.8 cm³/mol. The smallest absolute Gasteiger partial charge is 0.318 e. The first kappa shape index (κ1) is 17.2. The Hall–Kier alpha value is -2.67. The van der Waals surface area contributed by atoms with Crippen molar-refractivity contribution in [3.05, 3.63) is 54.1 Å². The molecular weight excluding hydrogens is 342 g/mol. The first-order valence-corrected chi connectivity index (χ1v) is 9.55. The Bertz CT molecular complexity index is 973. The number of carbonyl (C=O) groups excluding carboxylic acids is 1. The van der Waals surface area contributed by atoms with Crippen molar-refractivity contribution in [2.24, 2.45) is 0 Å². The third kappa shape index (κ3) is 3.88. The topological polar surface area (TPSA) is 91.7 Å². The van der Waals surface area contributed by atoms with Crippen LogP contribution in [0.4, 0.5) is 0 Å². The summed E-state index contributed by atoms with van der Waals surface area (Å²) >= 11 is 0. The normalized spacial score (nSPS) is 14.6. The highest BCUT2D eigenvalue weighted by molar-refractivity contribution is 7.92. The van der Waals surface area contributed by atoms with Gasteiger partial charge in [0, 0.05) is 13.1 Å². The minimum Gasteiger partial charge on any atom is -0.480 e. The van der Waals surface area contributed by atoms with E-state index in [1.807, 2.05) is 48.5 Å². The summed E-state index contributed by atoms with van der Waals surface area (Å²) < 4.78 is 23.4.